The Balaban J connectivity index is 0.000000150. The fourth-order valence-electron chi connectivity index (χ4n) is 6.54. The molecule has 7 rings (SSSR count). The van der Waals surface area contributed by atoms with E-state index in [0.29, 0.717) is 24.2 Å². The van der Waals surface area contributed by atoms with E-state index >= 15 is 0 Å². The average Bonchev–Trinajstić information content (AvgIpc) is 3.56. The molecule has 1 N–H and O–H groups in total. The van der Waals surface area contributed by atoms with Gasteiger partial charge in [-0.15, -0.1) is 5.10 Å². The molecule has 1 aromatic carbocycles. The number of halogens is 3. The molecule has 0 saturated carbocycles. The molecule has 2 aromatic heterocycles. The lowest BCUT2D eigenvalue weighted by Gasteiger charge is -2.42. The summed E-state index contributed by atoms with van der Waals surface area (Å²) in [5.41, 5.74) is 6.17. The lowest BCUT2D eigenvalue weighted by molar-refractivity contribution is -0.156. The lowest BCUT2D eigenvalue weighted by atomic mass is 9.85. The normalized spacial score (nSPS) is 25.0. The molecule has 0 spiro atoms. The molecule has 41 heavy (non-hydrogen) atoms. The molecule has 13 heteroatoms. The molecule has 6 heterocycles. The zero-order valence-electron chi connectivity index (χ0n) is 23.6. The highest BCUT2D eigenvalue weighted by molar-refractivity contribution is 5.56. The molecule has 0 amide bonds. The Morgan fingerprint density at radius 2 is 1.56 bits per heavy atom. The van der Waals surface area contributed by atoms with E-state index in [4.69, 9.17) is 9.53 Å². The van der Waals surface area contributed by atoms with E-state index in [-0.39, 0.29) is 0 Å². The Hall–Kier alpha value is -3.32. The van der Waals surface area contributed by atoms with Crippen LogP contribution in [0.5, 0.6) is 5.75 Å². The number of aromatic nitrogens is 6. The molecular formula is C28H37F3N8O2. The minimum absolute atomic E-state index is 0.465. The van der Waals surface area contributed by atoms with Crippen LogP contribution in [0, 0.1) is 0 Å². The first-order valence-electron chi connectivity index (χ1n) is 14.1. The van der Waals surface area contributed by atoms with Crippen LogP contribution in [0.15, 0.2) is 24.3 Å². The summed E-state index contributed by atoms with van der Waals surface area (Å²) in [6, 6.07) is 10.6. The quantitative estimate of drug-likeness (QED) is 0.468. The predicted octanol–water partition coefficient (Wildman–Crippen LogP) is 4.05. The number of carbonyl (C=O) groups excluding carboxylic acids is 1. The number of rotatable bonds is 3. The molecular weight excluding hydrogens is 537 g/mol. The number of alkyl halides is 3. The van der Waals surface area contributed by atoms with Gasteiger partial charge in [0.25, 0.3) is 0 Å². The molecule has 4 aliphatic heterocycles. The SMILES string of the molecule is CN1C2CCCC1c1n[nH]nc1C2.COc1ccc(Cn2nnc3c2CC2CCCC3N2C)cc1.O=CC(F)(F)F. The molecule has 2 fully saturated rings. The molecule has 4 atom stereocenters. The number of carbonyl (C=O) groups is 1. The minimum atomic E-state index is -4.64. The van der Waals surface area contributed by atoms with Crippen molar-refractivity contribution in [3.05, 3.63) is 52.6 Å². The van der Waals surface area contributed by atoms with Crippen LogP contribution in [0.3, 0.4) is 0 Å². The summed E-state index contributed by atoms with van der Waals surface area (Å²) in [5.74, 6) is 0.889. The van der Waals surface area contributed by atoms with Gasteiger partial charge in [-0.05, 0) is 70.3 Å². The number of fused-ring (bicyclic) bond motifs is 8. The van der Waals surface area contributed by atoms with Crippen LogP contribution in [-0.4, -0.2) is 86.0 Å². The number of nitrogens with one attached hydrogen (secondary N) is 1. The number of methoxy groups -OCH3 is 1. The highest BCUT2D eigenvalue weighted by Crippen LogP contribution is 2.40. The van der Waals surface area contributed by atoms with Gasteiger partial charge in [-0.2, -0.15) is 28.6 Å². The van der Waals surface area contributed by atoms with E-state index in [9.17, 15) is 13.2 Å². The van der Waals surface area contributed by atoms with Crippen LogP contribution in [-0.2, 0) is 24.2 Å². The fraction of sp³-hybridized carbons (Fsp3) is 0.607. The van der Waals surface area contributed by atoms with Crippen molar-refractivity contribution in [3.8, 4) is 5.75 Å². The third kappa shape index (κ3) is 6.45. The Kier molecular flexibility index (Phi) is 8.74. The number of aromatic amines is 1. The largest absolute Gasteiger partial charge is 0.497 e. The third-order valence-corrected chi connectivity index (χ3v) is 8.80. The summed E-state index contributed by atoms with van der Waals surface area (Å²) >= 11 is 0. The van der Waals surface area contributed by atoms with Gasteiger partial charge in [0.1, 0.15) is 17.1 Å². The Morgan fingerprint density at radius 3 is 2.17 bits per heavy atom. The van der Waals surface area contributed by atoms with Crippen LogP contribution in [0.4, 0.5) is 13.2 Å². The average molecular weight is 575 g/mol. The van der Waals surface area contributed by atoms with E-state index in [2.05, 4.69) is 66.4 Å². The summed E-state index contributed by atoms with van der Waals surface area (Å²) < 4.78 is 38.6. The molecule has 4 unspecified atom stereocenters. The molecule has 10 nitrogen and oxygen atoms in total. The number of hydrogen-bond acceptors (Lipinski definition) is 8. The van der Waals surface area contributed by atoms with Crippen LogP contribution in [0.1, 0.15) is 78.9 Å². The molecule has 4 aliphatic rings. The summed E-state index contributed by atoms with van der Waals surface area (Å²) in [6.45, 7) is 0.787. The van der Waals surface area contributed by atoms with Gasteiger partial charge in [0.05, 0.1) is 37.1 Å². The molecule has 222 valence electrons. The van der Waals surface area contributed by atoms with E-state index in [1.807, 2.05) is 12.1 Å². The highest BCUT2D eigenvalue weighted by Gasteiger charge is 2.39. The van der Waals surface area contributed by atoms with Crippen molar-refractivity contribution in [3.63, 3.8) is 0 Å². The van der Waals surface area contributed by atoms with Crippen LogP contribution in [0.2, 0.25) is 0 Å². The van der Waals surface area contributed by atoms with Gasteiger partial charge >= 0.3 is 6.18 Å². The number of ether oxygens (including phenoxy) is 1. The maximum Gasteiger partial charge on any atom is 0.446 e. The first kappa shape index (κ1) is 29.2. The number of benzene rings is 1. The predicted molar refractivity (Wildman–Crippen MR) is 144 cm³/mol. The number of likely N-dealkylation sites (N-methyl/N-ethyl adjacent to an activating group) is 2. The van der Waals surface area contributed by atoms with E-state index in [1.165, 1.54) is 66.9 Å². The molecule has 0 radical (unpaired) electrons. The zero-order chi connectivity index (χ0) is 29.1. The van der Waals surface area contributed by atoms with Crippen molar-refractivity contribution in [1.29, 1.82) is 0 Å². The number of H-pyrrole nitrogens is 1. The van der Waals surface area contributed by atoms with Gasteiger partial charge < -0.3 is 4.74 Å². The van der Waals surface area contributed by atoms with Gasteiger partial charge in [-0.3, -0.25) is 14.6 Å². The van der Waals surface area contributed by atoms with Gasteiger partial charge in [0.15, 0.2) is 0 Å². The second-order valence-electron chi connectivity index (χ2n) is 11.2. The summed E-state index contributed by atoms with van der Waals surface area (Å²) in [4.78, 5) is 13.7. The summed E-state index contributed by atoms with van der Waals surface area (Å²) in [7, 11) is 6.14. The second-order valence-corrected chi connectivity index (χ2v) is 11.2. The first-order valence-corrected chi connectivity index (χ1v) is 14.1. The number of aldehydes is 1. The van der Waals surface area contributed by atoms with E-state index in [0.717, 1.165) is 25.1 Å². The molecule has 2 saturated heterocycles. The first-order chi connectivity index (χ1) is 19.7. The summed E-state index contributed by atoms with van der Waals surface area (Å²) in [5, 5.41) is 20.2. The van der Waals surface area contributed by atoms with Gasteiger partial charge in [-0.1, -0.05) is 17.3 Å². The lowest BCUT2D eigenvalue weighted by Crippen LogP contribution is -2.44. The van der Waals surface area contributed by atoms with Gasteiger partial charge in [0, 0.05) is 24.9 Å². The van der Waals surface area contributed by atoms with Gasteiger partial charge in [-0.25, -0.2) is 4.68 Å². The van der Waals surface area contributed by atoms with E-state index in [1.54, 1.807) is 7.11 Å². The van der Waals surface area contributed by atoms with Crippen LogP contribution < -0.4 is 4.74 Å². The van der Waals surface area contributed by atoms with E-state index < -0.39 is 12.5 Å². The van der Waals surface area contributed by atoms with Gasteiger partial charge in [0.2, 0.25) is 6.29 Å². The maximum absolute atomic E-state index is 10.4. The fourth-order valence-corrected chi connectivity index (χ4v) is 6.54. The van der Waals surface area contributed by atoms with Crippen molar-refractivity contribution < 1.29 is 22.7 Å². The van der Waals surface area contributed by atoms with Crippen molar-refractivity contribution in [1.82, 2.24) is 40.2 Å². The third-order valence-electron chi connectivity index (χ3n) is 8.80. The Morgan fingerprint density at radius 1 is 0.951 bits per heavy atom. The monoisotopic (exact) mass is 574 g/mol. The summed E-state index contributed by atoms with van der Waals surface area (Å²) in [6.07, 6.45) is 4.17. The van der Waals surface area contributed by atoms with Crippen molar-refractivity contribution in [2.75, 3.05) is 21.2 Å². The van der Waals surface area contributed by atoms with Crippen molar-refractivity contribution in [2.24, 2.45) is 0 Å². The topological polar surface area (TPSA) is 105 Å². The molecule has 3 aromatic rings. The van der Waals surface area contributed by atoms with Crippen LogP contribution in [0.25, 0.3) is 0 Å². The second kappa shape index (κ2) is 12.3. The molecule has 0 aliphatic carbocycles. The standard InChI is InChI=1S/C17H22N4O.C9H14N4.C2HF3O/c1-20-13-4-3-5-15(20)17-16(10-13)21(19-18-17)11-12-6-8-14(22-2)9-7-12;1-13-6-3-2-4-8(13)9-7(5-6)10-12-11-9;3-2(4,5)1-6/h6-9,13,15H,3-5,10-11H2,1-2H3;6,8H,2-5H2,1H3,(H,10,11,12);1H. The minimum Gasteiger partial charge on any atom is -0.497 e. The Bertz CT molecular complexity index is 1310. The van der Waals surface area contributed by atoms with Crippen molar-refractivity contribution >= 4 is 6.29 Å². The Labute approximate surface area is 237 Å². The van der Waals surface area contributed by atoms with Crippen LogP contribution >= 0.6 is 0 Å². The maximum atomic E-state index is 10.4. The molecule has 4 bridgehead atoms. The zero-order valence-corrected chi connectivity index (χ0v) is 23.6. The number of nitrogens with zero attached hydrogens (tertiary/aromatic N) is 7. The number of hydrogen-bond donors (Lipinski definition) is 1. The highest BCUT2D eigenvalue weighted by atomic mass is 19.4. The smallest absolute Gasteiger partial charge is 0.446 e. The van der Waals surface area contributed by atoms with Crippen molar-refractivity contribution in [2.45, 2.75) is 88.3 Å². The number of piperidine rings is 2.